The molecule has 1 N–H and O–H groups in total. The van der Waals surface area contributed by atoms with Gasteiger partial charge in [0.1, 0.15) is 0 Å². The zero-order valence-electron chi connectivity index (χ0n) is 11.3. The predicted molar refractivity (Wildman–Crippen MR) is 67.3 cm³/mol. The van der Waals surface area contributed by atoms with Gasteiger partial charge in [0.15, 0.2) is 5.78 Å². The Kier molecular flexibility index (Phi) is 6.70. The van der Waals surface area contributed by atoms with E-state index in [0.29, 0.717) is 12.0 Å². The predicted octanol–water partition coefficient (Wildman–Crippen LogP) is 0.980. The molecule has 6 heteroatoms. The highest BCUT2D eigenvalue weighted by molar-refractivity contribution is 6.02. The Morgan fingerprint density at radius 1 is 1.11 bits per heavy atom. The van der Waals surface area contributed by atoms with Crippen LogP contribution in [0.3, 0.4) is 0 Å². The van der Waals surface area contributed by atoms with E-state index < -0.39 is 6.09 Å². The first kappa shape index (κ1) is 16.1. The van der Waals surface area contributed by atoms with Gasteiger partial charge in [0.25, 0.3) is 0 Å². The lowest BCUT2D eigenvalue weighted by Crippen LogP contribution is -2.25. The standard InChI is InChI=1S/C9H13NO2.C3H7NO2/c1-10(2)9(12)7-4-3-5-8(11)6-7;1-4(2)3(5)6/h6H,3-5H2,1-2H3;1-2H3,(H,5,6). The summed E-state index contributed by atoms with van der Waals surface area (Å²) >= 11 is 0. The highest BCUT2D eigenvalue weighted by atomic mass is 16.4. The lowest BCUT2D eigenvalue weighted by Gasteiger charge is -2.15. The molecule has 0 saturated carbocycles. The Hall–Kier alpha value is -1.85. The molecule has 0 aromatic heterocycles. The summed E-state index contributed by atoms with van der Waals surface area (Å²) < 4.78 is 0. The van der Waals surface area contributed by atoms with Crippen LogP contribution in [0.15, 0.2) is 11.6 Å². The van der Waals surface area contributed by atoms with Gasteiger partial charge in [-0.2, -0.15) is 0 Å². The third kappa shape index (κ3) is 6.03. The summed E-state index contributed by atoms with van der Waals surface area (Å²) in [6.45, 7) is 0. The van der Waals surface area contributed by atoms with Crippen LogP contribution >= 0.6 is 0 Å². The normalized spacial score (nSPS) is 14.0. The quantitative estimate of drug-likeness (QED) is 0.758. The molecule has 6 nitrogen and oxygen atoms in total. The van der Waals surface area contributed by atoms with Gasteiger partial charge in [-0.3, -0.25) is 9.59 Å². The maximum absolute atomic E-state index is 11.3. The largest absolute Gasteiger partial charge is 0.465 e. The fraction of sp³-hybridized carbons (Fsp3) is 0.583. The molecule has 0 unspecified atom stereocenters. The minimum Gasteiger partial charge on any atom is -0.465 e. The SMILES string of the molecule is CN(C)C(=O)C1=CC(=O)CCC1.CN(C)C(=O)O. The van der Waals surface area contributed by atoms with Crippen LogP contribution in [0.1, 0.15) is 19.3 Å². The molecule has 0 saturated heterocycles. The summed E-state index contributed by atoms with van der Waals surface area (Å²) in [5, 5.41) is 7.92. The smallest absolute Gasteiger partial charge is 0.406 e. The number of hydrogen-bond donors (Lipinski definition) is 1. The molecular weight excluding hydrogens is 236 g/mol. The molecule has 102 valence electrons. The zero-order chi connectivity index (χ0) is 14.3. The van der Waals surface area contributed by atoms with Crippen molar-refractivity contribution in [3.05, 3.63) is 11.6 Å². The van der Waals surface area contributed by atoms with Gasteiger partial charge in [-0.1, -0.05) is 0 Å². The molecule has 1 aliphatic carbocycles. The van der Waals surface area contributed by atoms with Crippen LogP contribution in [-0.4, -0.2) is 60.9 Å². The van der Waals surface area contributed by atoms with Crippen molar-refractivity contribution in [1.82, 2.24) is 9.80 Å². The third-order valence-electron chi connectivity index (χ3n) is 2.27. The Morgan fingerprint density at radius 3 is 1.94 bits per heavy atom. The number of nitrogens with zero attached hydrogens (tertiary/aromatic N) is 2. The Labute approximate surface area is 107 Å². The second-order valence-electron chi connectivity index (χ2n) is 4.37. The summed E-state index contributed by atoms with van der Waals surface area (Å²) in [6.07, 6.45) is 2.71. The Morgan fingerprint density at radius 2 is 1.61 bits per heavy atom. The molecule has 0 aromatic carbocycles. The van der Waals surface area contributed by atoms with E-state index in [2.05, 4.69) is 0 Å². The van der Waals surface area contributed by atoms with Gasteiger partial charge in [0.2, 0.25) is 5.91 Å². The second-order valence-corrected chi connectivity index (χ2v) is 4.37. The first-order valence-corrected chi connectivity index (χ1v) is 5.61. The maximum Gasteiger partial charge on any atom is 0.406 e. The van der Waals surface area contributed by atoms with Gasteiger partial charge in [-0.15, -0.1) is 0 Å². The summed E-state index contributed by atoms with van der Waals surface area (Å²) in [5.74, 6) is 0.0366. The van der Waals surface area contributed by atoms with Crippen molar-refractivity contribution in [2.75, 3.05) is 28.2 Å². The number of rotatable bonds is 1. The molecule has 0 aliphatic heterocycles. The minimum atomic E-state index is -0.907. The number of carbonyl (C=O) groups is 3. The van der Waals surface area contributed by atoms with E-state index >= 15 is 0 Å². The highest BCUT2D eigenvalue weighted by Crippen LogP contribution is 2.16. The van der Waals surface area contributed by atoms with Crippen LogP contribution in [0.4, 0.5) is 4.79 Å². The Balaban J connectivity index is 0.000000411. The van der Waals surface area contributed by atoms with Crippen molar-refractivity contribution in [2.45, 2.75) is 19.3 Å². The number of carbonyl (C=O) groups excluding carboxylic acids is 2. The van der Waals surface area contributed by atoms with Crippen LogP contribution in [0.5, 0.6) is 0 Å². The van der Waals surface area contributed by atoms with Crippen molar-refractivity contribution >= 4 is 17.8 Å². The molecule has 0 spiro atoms. The average molecular weight is 256 g/mol. The summed E-state index contributed by atoms with van der Waals surface area (Å²) in [7, 11) is 6.34. The van der Waals surface area contributed by atoms with Crippen molar-refractivity contribution in [3.63, 3.8) is 0 Å². The first-order chi connectivity index (χ1) is 8.25. The number of likely N-dealkylation sites (N-methyl/N-ethyl adjacent to an activating group) is 1. The van der Waals surface area contributed by atoms with Crippen molar-refractivity contribution in [3.8, 4) is 0 Å². The van der Waals surface area contributed by atoms with Crippen LogP contribution in [0, 0.1) is 0 Å². The summed E-state index contributed by atoms with van der Waals surface area (Å²) in [5.41, 5.74) is 0.649. The van der Waals surface area contributed by atoms with Crippen LogP contribution < -0.4 is 0 Å². The number of ketones is 1. The average Bonchev–Trinajstić information content (AvgIpc) is 2.28. The van der Waals surface area contributed by atoms with Gasteiger partial charge >= 0.3 is 6.09 Å². The minimum absolute atomic E-state index is 0.0388. The summed E-state index contributed by atoms with van der Waals surface area (Å²) in [6, 6.07) is 0. The molecule has 0 fully saturated rings. The van der Waals surface area contributed by atoms with Crippen molar-refractivity contribution in [1.29, 1.82) is 0 Å². The second kappa shape index (κ2) is 7.47. The van der Waals surface area contributed by atoms with Gasteiger partial charge in [0.05, 0.1) is 0 Å². The van der Waals surface area contributed by atoms with Gasteiger partial charge in [-0.05, 0) is 18.9 Å². The van der Waals surface area contributed by atoms with Gasteiger partial charge < -0.3 is 14.9 Å². The monoisotopic (exact) mass is 256 g/mol. The molecular formula is C12H20N2O4. The maximum atomic E-state index is 11.3. The molecule has 18 heavy (non-hydrogen) atoms. The number of hydrogen-bond acceptors (Lipinski definition) is 3. The first-order valence-electron chi connectivity index (χ1n) is 5.61. The number of carboxylic acid groups (broad SMARTS) is 1. The fourth-order valence-electron chi connectivity index (χ4n) is 1.25. The zero-order valence-corrected chi connectivity index (χ0v) is 11.3. The van der Waals surface area contributed by atoms with E-state index in [1.165, 1.54) is 25.1 Å². The van der Waals surface area contributed by atoms with E-state index in [1.54, 1.807) is 14.1 Å². The molecule has 1 aliphatic rings. The van der Waals surface area contributed by atoms with Crippen LogP contribution in [0.2, 0.25) is 0 Å². The number of amides is 2. The van der Waals surface area contributed by atoms with Crippen LogP contribution in [-0.2, 0) is 9.59 Å². The van der Waals surface area contributed by atoms with E-state index in [0.717, 1.165) is 17.7 Å². The fourth-order valence-corrected chi connectivity index (χ4v) is 1.25. The molecule has 2 amide bonds. The Bertz CT molecular complexity index is 359. The lowest BCUT2D eigenvalue weighted by molar-refractivity contribution is -0.125. The van der Waals surface area contributed by atoms with E-state index in [-0.39, 0.29) is 11.7 Å². The highest BCUT2D eigenvalue weighted by Gasteiger charge is 2.17. The van der Waals surface area contributed by atoms with Crippen LogP contribution in [0.25, 0.3) is 0 Å². The summed E-state index contributed by atoms with van der Waals surface area (Å²) in [4.78, 5) is 34.5. The van der Waals surface area contributed by atoms with Crippen molar-refractivity contribution in [2.24, 2.45) is 0 Å². The molecule has 0 heterocycles. The topological polar surface area (TPSA) is 77.9 Å². The molecule has 0 bridgehead atoms. The number of allylic oxidation sites excluding steroid dienone is 1. The molecule has 0 radical (unpaired) electrons. The third-order valence-corrected chi connectivity index (χ3v) is 2.27. The lowest BCUT2D eigenvalue weighted by atomic mass is 9.98. The molecule has 0 atom stereocenters. The van der Waals surface area contributed by atoms with E-state index in [9.17, 15) is 14.4 Å². The van der Waals surface area contributed by atoms with E-state index in [4.69, 9.17) is 5.11 Å². The van der Waals surface area contributed by atoms with Gasteiger partial charge in [-0.25, -0.2) is 4.79 Å². The molecule has 0 aromatic rings. The van der Waals surface area contributed by atoms with E-state index in [1.807, 2.05) is 0 Å². The van der Waals surface area contributed by atoms with Crippen molar-refractivity contribution < 1.29 is 19.5 Å². The van der Waals surface area contributed by atoms with Gasteiger partial charge in [0, 0.05) is 40.2 Å². The molecule has 1 rings (SSSR count).